The van der Waals surface area contributed by atoms with E-state index >= 15 is 0 Å². The summed E-state index contributed by atoms with van der Waals surface area (Å²) in [5.74, 6) is 1.09. The minimum Gasteiger partial charge on any atom is -0.465 e. The summed E-state index contributed by atoms with van der Waals surface area (Å²) in [5.41, 5.74) is 5.49. The number of fused-ring (bicyclic) bond motifs is 2. The highest BCUT2D eigenvalue weighted by Gasteiger charge is 2.20. The molecule has 5 rings (SSSR count). The molecule has 0 atom stereocenters. The van der Waals surface area contributed by atoms with Gasteiger partial charge in [-0.25, -0.2) is 4.79 Å². The minimum atomic E-state index is -0.360. The first-order valence-electron chi connectivity index (χ1n) is 8.94. The van der Waals surface area contributed by atoms with Gasteiger partial charge < -0.3 is 19.2 Å². The molecule has 1 aliphatic rings. The quantitative estimate of drug-likeness (QED) is 0.514. The third-order valence-corrected chi connectivity index (χ3v) is 4.94. The Morgan fingerprint density at radius 2 is 1.75 bits per heavy atom. The van der Waals surface area contributed by atoms with Crippen molar-refractivity contribution in [1.29, 1.82) is 0 Å². The molecule has 0 aliphatic carbocycles. The minimum absolute atomic E-state index is 0.227. The van der Waals surface area contributed by atoms with E-state index in [9.17, 15) is 4.79 Å². The Labute approximate surface area is 161 Å². The van der Waals surface area contributed by atoms with Crippen LogP contribution in [0.2, 0.25) is 0 Å². The number of carbonyl (C=O) groups is 1. The van der Waals surface area contributed by atoms with Crippen LogP contribution in [0.5, 0.6) is 11.5 Å². The molecule has 0 fully saturated rings. The highest BCUT2D eigenvalue weighted by atomic mass is 16.7. The molecule has 28 heavy (non-hydrogen) atoms. The molecule has 5 heteroatoms. The van der Waals surface area contributed by atoms with Crippen LogP contribution in [0.3, 0.4) is 0 Å². The van der Waals surface area contributed by atoms with Crippen molar-refractivity contribution in [3.8, 4) is 33.9 Å². The SMILES string of the molecule is COC(=O)c1ccc2[nH]c(-c3ccccc3)c(-c3ccc4c(c3)OCO4)c2c1. The molecular weight excluding hydrogens is 354 g/mol. The molecule has 1 aromatic heterocycles. The van der Waals surface area contributed by atoms with Crippen LogP contribution >= 0.6 is 0 Å². The van der Waals surface area contributed by atoms with E-state index in [1.807, 2.05) is 48.5 Å². The van der Waals surface area contributed by atoms with Gasteiger partial charge in [0.05, 0.1) is 18.4 Å². The second-order valence-corrected chi connectivity index (χ2v) is 6.56. The lowest BCUT2D eigenvalue weighted by molar-refractivity contribution is 0.0601. The van der Waals surface area contributed by atoms with Gasteiger partial charge in [0, 0.05) is 16.5 Å². The average molecular weight is 371 g/mol. The lowest BCUT2D eigenvalue weighted by atomic mass is 9.97. The van der Waals surface area contributed by atoms with Crippen molar-refractivity contribution in [2.24, 2.45) is 0 Å². The van der Waals surface area contributed by atoms with Gasteiger partial charge in [-0.3, -0.25) is 0 Å². The summed E-state index contributed by atoms with van der Waals surface area (Å²) in [5, 5.41) is 0.945. The third kappa shape index (κ3) is 2.60. The Morgan fingerprint density at radius 3 is 2.57 bits per heavy atom. The van der Waals surface area contributed by atoms with Crippen LogP contribution in [0.15, 0.2) is 66.7 Å². The molecule has 0 spiro atoms. The molecule has 0 unspecified atom stereocenters. The van der Waals surface area contributed by atoms with Crippen LogP contribution < -0.4 is 9.47 Å². The Morgan fingerprint density at radius 1 is 0.929 bits per heavy atom. The molecule has 1 N–H and O–H groups in total. The molecule has 0 bridgehead atoms. The van der Waals surface area contributed by atoms with Gasteiger partial charge in [-0.15, -0.1) is 0 Å². The first-order chi connectivity index (χ1) is 13.7. The maximum Gasteiger partial charge on any atom is 0.337 e. The number of aromatic amines is 1. The Balaban J connectivity index is 1.79. The Kier molecular flexibility index (Phi) is 3.79. The predicted molar refractivity (Wildman–Crippen MR) is 107 cm³/mol. The fraction of sp³-hybridized carbons (Fsp3) is 0.0870. The molecule has 0 radical (unpaired) electrons. The molecule has 1 aliphatic heterocycles. The van der Waals surface area contributed by atoms with Crippen LogP contribution in [0.25, 0.3) is 33.3 Å². The number of aromatic nitrogens is 1. The van der Waals surface area contributed by atoms with Gasteiger partial charge in [0.15, 0.2) is 11.5 Å². The van der Waals surface area contributed by atoms with E-state index in [-0.39, 0.29) is 12.8 Å². The molecule has 0 amide bonds. The smallest absolute Gasteiger partial charge is 0.337 e. The van der Waals surface area contributed by atoms with Crippen molar-refractivity contribution in [3.05, 3.63) is 72.3 Å². The highest BCUT2D eigenvalue weighted by molar-refractivity contribution is 6.06. The summed E-state index contributed by atoms with van der Waals surface area (Å²) >= 11 is 0. The number of H-pyrrole nitrogens is 1. The maximum absolute atomic E-state index is 12.1. The van der Waals surface area contributed by atoms with Crippen LogP contribution in [0, 0.1) is 0 Å². The molecule has 0 saturated heterocycles. The average Bonchev–Trinajstić information content (AvgIpc) is 3.37. The molecule has 5 nitrogen and oxygen atoms in total. The van der Waals surface area contributed by atoms with Crippen LogP contribution in [-0.2, 0) is 4.74 Å². The van der Waals surface area contributed by atoms with E-state index in [2.05, 4.69) is 17.1 Å². The zero-order chi connectivity index (χ0) is 19.1. The summed E-state index contributed by atoms with van der Waals surface area (Å²) in [6.07, 6.45) is 0. The molecular formula is C23H17NO4. The monoisotopic (exact) mass is 371 g/mol. The van der Waals surface area contributed by atoms with Gasteiger partial charge in [-0.05, 0) is 41.5 Å². The molecule has 138 valence electrons. The Hall–Kier alpha value is -3.73. The Bertz CT molecular complexity index is 1190. The van der Waals surface area contributed by atoms with Crippen molar-refractivity contribution in [2.45, 2.75) is 0 Å². The largest absolute Gasteiger partial charge is 0.465 e. The predicted octanol–water partition coefficient (Wildman–Crippen LogP) is 5.02. The van der Waals surface area contributed by atoms with E-state index in [1.54, 1.807) is 6.07 Å². The maximum atomic E-state index is 12.1. The van der Waals surface area contributed by atoms with Crippen molar-refractivity contribution >= 4 is 16.9 Å². The summed E-state index contributed by atoms with van der Waals surface area (Å²) in [7, 11) is 1.39. The zero-order valence-electron chi connectivity index (χ0n) is 15.2. The summed E-state index contributed by atoms with van der Waals surface area (Å²) in [4.78, 5) is 15.6. The zero-order valence-corrected chi connectivity index (χ0v) is 15.2. The fourth-order valence-electron chi connectivity index (χ4n) is 3.61. The van der Waals surface area contributed by atoms with Gasteiger partial charge in [0.1, 0.15) is 0 Å². The van der Waals surface area contributed by atoms with E-state index in [0.717, 1.165) is 44.8 Å². The highest BCUT2D eigenvalue weighted by Crippen LogP contribution is 2.42. The van der Waals surface area contributed by atoms with Crippen molar-refractivity contribution < 1.29 is 19.0 Å². The standard InChI is InChI=1S/C23H17NO4/c1-26-23(25)16-7-9-18-17(11-16)21(22(24-18)14-5-3-2-4-6-14)15-8-10-19-20(12-15)28-13-27-19/h2-12,24H,13H2,1H3. The van der Waals surface area contributed by atoms with E-state index in [4.69, 9.17) is 14.2 Å². The van der Waals surface area contributed by atoms with E-state index < -0.39 is 0 Å². The second kappa shape index (κ2) is 6.46. The molecule has 3 aromatic carbocycles. The number of ether oxygens (including phenoxy) is 3. The third-order valence-electron chi connectivity index (χ3n) is 4.94. The number of nitrogens with one attached hydrogen (secondary N) is 1. The number of hydrogen-bond donors (Lipinski definition) is 1. The first-order valence-corrected chi connectivity index (χ1v) is 8.94. The van der Waals surface area contributed by atoms with Gasteiger partial charge in [0.25, 0.3) is 0 Å². The van der Waals surface area contributed by atoms with E-state index in [1.165, 1.54) is 7.11 Å². The van der Waals surface area contributed by atoms with Crippen LogP contribution in [0.1, 0.15) is 10.4 Å². The number of rotatable bonds is 3. The lowest BCUT2D eigenvalue weighted by Gasteiger charge is -2.07. The fourth-order valence-corrected chi connectivity index (χ4v) is 3.61. The van der Waals surface area contributed by atoms with Crippen molar-refractivity contribution in [1.82, 2.24) is 4.98 Å². The van der Waals surface area contributed by atoms with Gasteiger partial charge in [-0.2, -0.15) is 0 Å². The number of methoxy groups -OCH3 is 1. The van der Waals surface area contributed by atoms with Gasteiger partial charge >= 0.3 is 5.97 Å². The van der Waals surface area contributed by atoms with Gasteiger partial charge in [-0.1, -0.05) is 36.4 Å². The van der Waals surface area contributed by atoms with Crippen LogP contribution in [-0.4, -0.2) is 24.9 Å². The number of benzene rings is 3. The number of hydrogen-bond acceptors (Lipinski definition) is 4. The number of carbonyl (C=O) groups excluding carboxylic acids is 1. The molecule has 2 heterocycles. The van der Waals surface area contributed by atoms with E-state index in [0.29, 0.717) is 5.56 Å². The normalized spacial score (nSPS) is 12.3. The van der Waals surface area contributed by atoms with Crippen LogP contribution in [0.4, 0.5) is 0 Å². The topological polar surface area (TPSA) is 60.6 Å². The summed E-state index contributed by atoms with van der Waals surface area (Å²) in [6, 6.07) is 21.5. The summed E-state index contributed by atoms with van der Waals surface area (Å²) < 4.78 is 15.9. The van der Waals surface area contributed by atoms with Crippen molar-refractivity contribution in [3.63, 3.8) is 0 Å². The lowest BCUT2D eigenvalue weighted by Crippen LogP contribution is -2.00. The van der Waals surface area contributed by atoms with Crippen molar-refractivity contribution in [2.75, 3.05) is 13.9 Å². The number of esters is 1. The first kappa shape index (κ1) is 16.4. The second-order valence-electron chi connectivity index (χ2n) is 6.56. The summed E-state index contributed by atoms with van der Waals surface area (Å²) in [6.45, 7) is 0.227. The molecule has 4 aromatic rings. The van der Waals surface area contributed by atoms with Gasteiger partial charge in [0.2, 0.25) is 6.79 Å². The molecule has 0 saturated carbocycles.